The molecule has 1 heterocycles. The number of hydrogen-bond acceptors (Lipinski definition) is 2. The van der Waals surface area contributed by atoms with Crippen LogP contribution in [0.5, 0.6) is 0 Å². The molecule has 1 unspecified atom stereocenters. The van der Waals surface area contributed by atoms with Crippen LogP contribution in [-0.4, -0.2) is 11.5 Å². The van der Waals surface area contributed by atoms with Crippen molar-refractivity contribution < 1.29 is 0 Å². The molecule has 0 aliphatic heterocycles. The number of aromatic nitrogens is 1. The van der Waals surface area contributed by atoms with E-state index in [2.05, 4.69) is 36.3 Å². The van der Waals surface area contributed by atoms with Gasteiger partial charge in [0.1, 0.15) is 0 Å². The molecular weight excluding hydrogens is 232 g/mol. The lowest BCUT2D eigenvalue weighted by atomic mass is 9.93. The molecule has 1 aliphatic rings. The first kappa shape index (κ1) is 14.3. The van der Waals surface area contributed by atoms with Gasteiger partial charge in [-0.15, -0.1) is 0 Å². The molecule has 0 spiro atoms. The highest BCUT2D eigenvalue weighted by molar-refractivity contribution is 5.32. The van der Waals surface area contributed by atoms with Gasteiger partial charge in [0.05, 0.1) is 6.04 Å². The van der Waals surface area contributed by atoms with Crippen LogP contribution in [0.4, 0.5) is 0 Å². The second-order valence-corrected chi connectivity index (χ2v) is 5.50. The fourth-order valence-corrected chi connectivity index (χ4v) is 2.81. The van der Waals surface area contributed by atoms with Crippen molar-refractivity contribution >= 4 is 0 Å². The van der Waals surface area contributed by atoms with Crippen LogP contribution in [0.3, 0.4) is 0 Å². The summed E-state index contributed by atoms with van der Waals surface area (Å²) in [4.78, 5) is 4.33. The summed E-state index contributed by atoms with van der Waals surface area (Å²) in [6.07, 6.45) is 14.1. The van der Waals surface area contributed by atoms with Crippen LogP contribution in [0.15, 0.2) is 30.1 Å². The lowest BCUT2D eigenvalue weighted by molar-refractivity contribution is 0.563. The molecule has 0 aromatic carbocycles. The number of aryl methyl sites for hydroxylation is 1. The maximum Gasteiger partial charge on any atom is 0.0554 e. The van der Waals surface area contributed by atoms with E-state index in [4.69, 9.17) is 0 Å². The van der Waals surface area contributed by atoms with E-state index in [0.29, 0.717) is 6.04 Å². The number of hydrogen-bond donors (Lipinski definition) is 1. The standard InChI is InChI=1S/C17H26N2/c1-3-11-19-17(15-8-6-4-5-7-9-15)16-13-18-12-10-14(16)2/h8,10,12-13,17,19H,3-7,9,11H2,1-2H3. The molecule has 0 radical (unpaired) electrons. The van der Waals surface area contributed by atoms with Crippen molar-refractivity contribution in [2.24, 2.45) is 0 Å². The Morgan fingerprint density at radius 1 is 1.32 bits per heavy atom. The van der Waals surface area contributed by atoms with Gasteiger partial charge in [-0.2, -0.15) is 0 Å². The summed E-state index contributed by atoms with van der Waals surface area (Å²) in [5, 5.41) is 3.72. The van der Waals surface area contributed by atoms with Crippen LogP contribution in [0.2, 0.25) is 0 Å². The smallest absolute Gasteiger partial charge is 0.0554 e. The minimum absolute atomic E-state index is 0.367. The number of rotatable bonds is 5. The van der Waals surface area contributed by atoms with E-state index in [1.54, 1.807) is 5.57 Å². The minimum atomic E-state index is 0.367. The molecular formula is C17H26N2. The molecule has 0 saturated carbocycles. The zero-order valence-corrected chi connectivity index (χ0v) is 12.3. The van der Waals surface area contributed by atoms with Gasteiger partial charge in [0.25, 0.3) is 0 Å². The van der Waals surface area contributed by atoms with Crippen molar-refractivity contribution in [3.05, 3.63) is 41.2 Å². The summed E-state index contributed by atoms with van der Waals surface area (Å²) in [6.45, 7) is 5.48. The van der Waals surface area contributed by atoms with Crippen LogP contribution in [0.1, 0.15) is 62.6 Å². The topological polar surface area (TPSA) is 24.9 Å². The van der Waals surface area contributed by atoms with E-state index in [9.17, 15) is 0 Å². The van der Waals surface area contributed by atoms with Gasteiger partial charge >= 0.3 is 0 Å². The average molecular weight is 258 g/mol. The Labute approximate surface area is 117 Å². The highest BCUT2D eigenvalue weighted by Crippen LogP contribution is 2.30. The quantitative estimate of drug-likeness (QED) is 0.796. The molecule has 19 heavy (non-hydrogen) atoms. The first-order chi connectivity index (χ1) is 9.33. The first-order valence-corrected chi connectivity index (χ1v) is 7.65. The van der Waals surface area contributed by atoms with Crippen molar-refractivity contribution in [1.82, 2.24) is 10.3 Å². The Morgan fingerprint density at radius 2 is 2.21 bits per heavy atom. The Hall–Kier alpha value is -1.15. The van der Waals surface area contributed by atoms with Gasteiger partial charge in [-0.05, 0) is 62.8 Å². The van der Waals surface area contributed by atoms with Gasteiger partial charge in [0, 0.05) is 12.4 Å². The number of nitrogens with zero attached hydrogens (tertiary/aromatic N) is 1. The van der Waals surface area contributed by atoms with E-state index < -0.39 is 0 Å². The normalized spacial score (nSPS) is 17.7. The predicted molar refractivity (Wildman–Crippen MR) is 81.2 cm³/mol. The second-order valence-electron chi connectivity index (χ2n) is 5.50. The number of nitrogens with one attached hydrogen (secondary N) is 1. The predicted octanol–water partition coefficient (Wildman–Crippen LogP) is 4.32. The van der Waals surface area contributed by atoms with Crippen molar-refractivity contribution in [3.8, 4) is 0 Å². The molecule has 1 N–H and O–H groups in total. The summed E-state index contributed by atoms with van der Waals surface area (Å²) in [5.41, 5.74) is 4.26. The maximum absolute atomic E-state index is 4.33. The molecule has 0 bridgehead atoms. The largest absolute Gasteiger partial charge is 0.306 e. The Kier molecular flexibility index (Phi) is 5.59. The molecule has 1 aliphatic carbocycles. The van der Waals surface area contributed by atoms with E-state index in [0.717, 1.165) is 6.54 Å². The lowest BCUT2D eigenvalue weighted by Crippen LogP contribution is -2.25. The molecule has 0 amide bonds. The first-order valence-electron chi connectivity index (χ1n) is 7.65. The third-order valence-corrected chi connectivity index (χ3v) is 3.94. The van der Waals surface area contributed by atoms with Crippen molar-refractivity contribution in [3.63, 3.8) is 0 Å². The summed E-state index contributed by atoms with van der Waals surface area (Å²) in [6, 6.07) is 2.49. The van der Waals surface area contributed by atoms with Crippen LogP contribution >= 0.6 is 0 Å². The monoisotopic (exact) mass is 258 g/mol. The maximum atomic E-state index is 4.33. The molecule has 2 nitrogen and oxygen atoms in total. The minimum Gasteiger partial charge on any atom is -0.306 e. The zero-order valence-electron chi connectivity index (χ0n) is 12.3. The van der Waals surface area contributed by atoms with Crippen LogP contribution in [-0.2, 0) is 0 Å². The number of allylic oxidation sites excluding steroid dienone is 1. The molecule has 2 rings (SSSR count). The van der Waals surface area contributed by atoms with Gasteiger partial charge in [-0.3, -0.25) is 4.98 Å². The molecule has 0 saturated heterocycles. The third-order valence-electron chi connectivity index (χ3n) is 3.94. The van der Waals surface area contributed by atoms with Crippen LogP contribution < -0.4 is 5.32 Å². The molecule has 2 heteroatoms. The Bertz CT molecular complexity index is 423. The van der Waals surface area contributed by atoms with E-state index >= 15 is 0 Å². The summed E-state index contributed by atoms with van der Waals surface area (Å²) >= 11 is 0. The van der Waals surface area contributed by atoms with Gasteiger partial charge in [0.2, 0.25) is 0 Å². The highest BCUT2D eigenvalue weighted by atomic mass is 14.9. The van der Waals surface area contributed by atoms with Gasteiger partial charge in [-0.25, -0.2) is 0 Å². The SMILES string of the molecule is CCCNC(C1=CCCCCC1)c1cnccc1C. The Balaban J connectivity index is 2.24. The van der Waals surface area contributed by atoms with Gasteiger partial charge < -0.3 is 5.32 Å². The van der Waals surface area contributed by atoms with E-state index in [1.807, 2.05) is 12.4 Å². The zero-order chi connectivity index (χ0) is 13.5. The van der Waals surface area contributed by atoms with E-state index in [1.165, 1.54) is 49.7 Å². The summed E-state index contributed by atoms with van der Waals surface area (Å²) in [5.74, 6) is 0. The lowest BCUT2D eigenvalue weighted by Gasteiger charge is -2.23. The van der Waals surface area contributed by atoms with Crippen LogP contribution in [0, 0.1) is 6.92 Å². The molecule has 1 aromatic heterocycles. The fourth-order valence-electron chi connectivity index (χ4n) is 2.81. The van der Waals surface area contributed by atoms with Crippen molar-refractivity contribution in [2.45, 2.75) is 58.4 Å². The van der Waals surface area contributed by atoms with E-state index in [-0.39, 0.29) is 0 Å². The van der Waals surface area contributed by atoms with Crippen molar-refractivity contribution in [1.29, 1.82) is 0 Å². The highest BCUT2D eigenvalue weighted by Gasteiger charge is 2.18. The second kappa shape index (κ2) is 7.44. The van der Waals surface area contributed by atoms with Gasteiger partial charge in [-0.1, -0.05) is 25.0 Å². The van der Waals surface area contributed by atoms with Gasteiger partial charge in [0.15, 0.2) is 0 Å². The third kappa shape index (κ3) is 3.90. The summed E-state index contributed by atoms with van der Waals surface area (Å²) < 4.78 is 0. The average Bonchev–Trinajstić information content (AvgIpc) is 2.70. The molecule has 1 atom stereocenters. The number of pyridine rings is 1. The molecule has 1 aromatic rings. The fraction of sp³-hybridized carbons (Fsp3) is 0.588. The van der Waals surface area contributed by atoms with Crippen molar-refractivity contribution in [2.75, 3.05) is 6.54 Å². The molecule has 104 valence electrons. The Morgan fingerprint density at radius 3 is 3.00 bits per heavy atom. The van der Waals surface area contributed by atoms with Crippen LogP contribution in [0.25, 0.3) is 0 Å². The molecule has 0 fully saturated rings. The summed E-state index contributed by atoms with van der Waals surface area (Å²) in [7, 11) is 0.